The zero-order chi connectivity index (χ0) is 23.6. The van der Waals surface area contributed by atoms with Gasteiger partial charge in [-0.05, 0) is 26.0 Å². The molecule has 2 rings (SSSR count). The molecule has 18 heteroatoms. The molecule has 0 spiro atoms. The predicted octanol–water partition coefficient (Wildman–Crippen LogP) is -7.80. The number of H-pyrrole nitrogens is 1. The van der Waals surface area contributed by atoms with Crippen molar-refractivity contribution in [1.29, 1.82) is 0 Å². The summed E-state index contributed by atoms with van der Waals surface area (Å²) >= 11 is 0. The molecule has 1 amide bonds. The van der Waals surface area contributed by atoms with Crippen molar-refractivity contribution in [3.05, 3.63) is 39.3 Å². The van der Waals surface area contributed by atoms with Crippen LogP contribution in [0.5, 0.6) is 0 Å². The molecule has 0 aliphatic carbocycles. The van der Waals surface area contributed by atoms with Gasteiger partial charge in [0.15, 0.2) is 5.71 Å². The fraction of sp³-hybridized carbons (Fsp3) is 0.333. The number of aromatic nitrogens is 2. The van der Waals surface area contributed by atoms with E-state index in [-0.39, 0.29) is 121 Å². The summed E-state index contributed by atoms with van der Waals surface area (Å²) in [7, 11) is -9.62. The minimum Gasteiger partial charge on any atom is -0.747 e. The molecule has 0 aromatic carbocycles. The number of hydrogen-bond donors (Lipinski definition) is 1. The van der Waals surface area contributed by atoms with Gasteiger partial charge in [-0.15, -0.1) is 0 Å². The Labute approximate surface area is 273 Å². The summed E-state index contributed by atoms with van der Waals surface area (Å²) in [5.74, 6) is -4.52. The first kappa shape index (κ1) is 33.2. The number of hydrogen-bond acceptors (Lipinski definition) is 11. The number of aryl methyl sites for hydroxylation is 1. The third kappa shape index (κ3) is 9.63. The van der Waals surface area contributed by atoms with E-state index in [2.05, 4.69) is 10.2 Å². The second-order valence-electron chi connectivity index (χ2n) is 6.07. The number of nitrogens with zero attached hydrogens (tertiary/aromatic N) is 3. The normalized spacial score (nSPS) is 15.4. The van der Waals surface area contributed by atoms with Crippen LogP contribution in [0, 0.1) is 6.92 Å². The van der Waals surface area contributed by atoms with Gasteiger partial charge in [-0.25, -0.2) is 31.3 Å². The van der Waals surface area contributed by atoms with Gasteiger partial charge in [0.25, 0.3) is 11.5 Å². The Hall–Kier alpha value is 0.193. The van der Waals surface area contributed by atoms with Gasteiger partial charge in [-0.3, -0.25) is 14.7 Å². The van der Waals surface area contributed by atoms with E-state index < -0.39 is 60.7 Å². The van der Waals surface area contributed by atoms with Crippen molar-refractivity contribution >= 4 is 43.9 Å². The van der Waals surface area contributed by atoms with Gasteiger partial charge < -0.3 is 13.8 Å². The summed E-state index contributed by atoms with van der Waals surface area (Å²) in [5.41, 5.74) is -1.60. The summed E-state index contributed by atoms with van der Waals surface area (Å²) in [5, 5.41) is 6.24. The van der Waals surface area contributed by atoms with Crippen molar-refractivity contribution in [3.8, 4) is 0 Å². The topological polar surface area (TPSA) is 211 Å². The average Bonchev–Trinajstić information content (AvgIpc) is 3.04. The van der Waals surface area contributed by atoms with Crippen molar-refractivity contribution in [1.82, 2.24) is 14.8 Å². The van der Waals surface area contributed by atoms with Gasteiger partial charge in [-0.2, -0.15) is 5.10 Å². The van der Waals surface area contributed by atoms with E-state index >= 15 is 0 Å². The van der Waals surface area contributed by atoms with E-state index in [0.717, 1.165) is 18.2 Å². The van der Waals surface area contributed by atoms with Crippen molar-refractivity contribution in [3.63, 3.8) is 0 Å². The molecule has 0 saturated heterocycles. The molecule has 1 aliphatic heterocycles. The molecule has 2 heterocycles. The number of allylic oxidation sites excluding steroid dienone is 2. The molecule has 1 aliphatic rings. The van der Waals surface area contributed by atoms with Crippen LogP contribution in [-0.2, 0) is 40.4 Å². The van der Waals surface area contributed by atoms with Crippen LogP contribution in [-0.4, -0.2) is 70.8 Å². The molecule has 0 fully saturated rings. The Kier molecular flexibility index (Phi) is 13.6. The summed E-state index contributed by atoms with van der Waals surface area (Å²) in [6, 6.07) is 0. The molecule has 14 nitrogen and oxygen atoms in total. The fourth-order valence-electron chi connectivity index (χ4n) is 2.50. The molecule has 1 aromatic rings. The first-order valence-electron chi connectivity index (χ1n) is 8.36. The van der Waals surface area contributed by atoms with E-state index in [0.29, 0.717) is 9.69 Å². The van der Waals surface area contributed by atoms with E-state index in [4.69, 9.17) is 4.74 Å². The Balaban J connectivity index is 0.00000512. The maximum Gasteiger partial charge on any atom is 1.00 e. The molecule has 170 valence electrons. The first-order chi connectivity index (χ1) is 14.2. The third-order valence-corrected chi connectivity index (χ3v) is 4.82. The van der Waals surface area contributed by atoms with Crippen LogP contribution >= 0.6 is 0 Å². The summed E-state index contributed by atoms with van der Waals surface area (Å²) < 4.78 is 70.7. The van der Waals surface area contributed by atoms with Crippen LogP contribution in [0.4, 0.5) is 0 Å². The van der Waals surface area contributed by atoms with Crippen molar-refractivity contribution in [2.24, 2.45) is 5.10 Å². The minimum absolute atomic E-state index is 0. The molecular formula is C15H16K2N4O10S2. The number of amides is 1. The zero-order valence-corrected chi connectivity index (χ0v) is 26.0. The number of nitrogens with one attached hydrogen (secondary N) is 1. The third-order valence-electron chi connectivity index (χ3n) is 3.69. The average molecular weight is 555 g/mol. The summed E-state index contributed by atoms with van der Waals surface area (Å²) in [6.07, 6.45) is 3.35. The van der Waals surface area contributed by atoms with Gasteiger partial charge in [0.1, 0.15) is 32.0 Å². The van der Waals surface area contributed by atoms with Crippen molar-refractivity contribution in [2.45, 2.75) is 19.7 Å². The molecule has 33 heavy (non-hydrogen) atoms. The predicted molar refractivity (Wildman–Crippen MR) is 102 cm³/mol. The van der Waals surface area contributed by atoms with E-state index in [9.17, 15) is 40.3 Å². The Morgan fingerprint density at radius 1 is 1.12 bits per heavy atom. The van der Waals surface area contributed by atoms with Gasteiger partial charge in [-0.1, -0.05) is 6.08 Å². The van der Waals surface area contributed by atoms with Crippen LogP contribution < -0.4 is 108 Å². The molecule has 1 N–H and O–H groups in total. The molecule has 0 saturated carbocycles. The standard InChI is InChI=1S/C15H18N4O10S2.2K/c1-3-29-15(22)12-11(14(21)19(17-12)8-31(26,27)28)6-4-5-10-9(2)16-18(13(10)20)7-30(23,24)25;;/h4-6,16H,3,7-8H2,1-2H3,(H,23,24,25)(H,26,27,28);;/q;2*+1/p-2/b5-4+,11-6-;;. The number of aromatic amines is 1. The van der Waals surface area contributed by atoms with Crippen LogP contribution in [0.3, 0.4) is 0 Å². The number of rotatable bonds is 8. The number of carbonyl (C=O) groups is 2. The second kappa shape index (κ2) is 13.5. The van der Waals surface area contributed by atoms with Gasteiger partial charge >= 0.3 is 109 Å². The Bertz CT molecular complexity index is 1280. The van der Waals surface area contributed by atoms with Crippen LogP contribution in [0.1, 0.15) is 18.2 Å². The molecular weight excluding hydrogens is 539 g/mol. The first-order valence-corrected chi connectivity index (χ1v) is 11.5. The van der Waals surface area contributed by atoms with Gasteiger partial charge in [0.05, 0.1) is 17.7 Å². The zero-order valence-electron chi connectivity index (χ0n) is 18.1. The van der Waals surface area contributed by atoms with Crippen molar-refractivity contribution in [2.75, 3.05) is 12.5 Å². The van der Waals surface area contributed by atoms with Crippen molar-refractivity contribution < 1.29 is 143 Å². The Morgan fingerprint density at radius 3 is 2.21 bits per heavy atom. The maximum atomic E-state index is 12.4. The monoisotopic (exact) mass is 554 g/mol. The smallest absolute Gasteiger partial charge is 0.747 e. The molecule has 0 atom stereocenters. The number of hydrazone groups is 1. The van der Waals surface area contributed by atoms with Crippen LogP contribution in [0.25, 0.3) is 6.08 Å². The maximum absolute atomic E-state index is 12.4. The van der Waals surface area contributed by atoms with E-state index in [1.807, 2.05) is 0 Å². The molecule has 0 unspecified atom stereocenters. The minimum atomic E-state index is -4.88. The fourth-order valence-corrected chi connectivity index (χ4v) is 3.48. The number of esters is 1. The van der Waals surface area contributed by atoms with Crippen LogP contribution in [0.15, 0.2) is 27.6 Å². The molecule has 0 radical (unpaired) electrons. The van der Waals surface area contributed by atoms with Gasteiger partial charge in [0.2, 0.25) is 0 Å². The second-order valence-corrected chi connectivity index (χ2v) is 8.82. The van der Waals surface area contributed by atoms with Gasteiger partial charge in [0, 0.05) is 5.69 Å². The Morgan fingerprint density at radius 2 is 1.70 bits per heavy atom. The summed E-state index contributed by atoms with van der Waals surface area (Å²) in [4.78, 5) is 36.6. The summed E-state index contributed by atoms with van der Waals surface area (Å²) in [6.45, 7) is 2.84. The largest absolute Gasteiger partial charge is 1.00 e. The van der Waals surface area contributed by atoms with Crippen LogP contribution in [0.2, 0.25) is 0 Å². The van der Waals surface area contributed by atoms with E-state index in [1.165, 1.54) is 13.8 Å². The molecule has 1 aromatic heterocycles. The number of carbonyl (C=O) groups excluding carboxylic acids is 2. The molecule has 0 bridgehead atoms. The van der Waals surface area contributed by atoms with E-state index in [1.54, 1.807) is 0 Å². The number of ether oxygens (including phenoxy) is 1. The quantitative estimate of drug-likeness (QED) is 0.139. The SMILES string of the molecule is CCOC(=O)C1=NN(CS(=O)(=O)[O-])C(=O)/C1=C\C=C\c1c(C)[nH]n(CS(=O)(=O)[O-])c1=O.[K+].[K+].